The van der Waals surface area contributed by atoms with E-state index in [0.717, 1.165) is 22.4 Å². The number of nitrogens with zero attached hydrogens (tertiary/aromatic N) is 4. The maximum absolute atomic E-state index is 13.6. The Morgan fingerprint density at radius 1 is 1.12 bits per heavy atom. The summed E-state index contributed by atoms with van der Waals surface area (Å²) in [4.78, 5) is 31.0. The third-order valence-electron chi connectivity index (χ3n) is 5.69. The Bertz CT molecular complexity index is 1440. The highest BCUT2D eigenvalue weighted by atomic mass is 35.5. The van der Waals surface area contributed by atoms with Crippen LogP contribution in [0.5, 0.6) is 0 Å². The molecular weight excluding hydrogens is 470 g/mol. The number of anilines is 1. The summed E-state index contributed by atoms with van der Waals surface area (Å²) in [7, 11) is 0. The first kappa shape index (κ1) is 24.0. The minimum absolute atomic E-state index is 0.106. The van der Waals surface area contributed by atoms with Gasteiger partial charge >= 0.3 is 0 Å². The number of amides is 1. The van der Waals surface area contributed by atoms with Crippen molar-refractivity contribution in [3.8, 4) is 0 Å². The molecule has 0 saturated heterocycles. The van der Waals surface area contributed by atoms with E-state index in [2.05, 4.69) is 10.4 Å². The number of rotatable bonds is 7. The first-order valence-corrected chi connectivity index (χ1v) is 12.4. The predicted octanol–water partition coefficient (Wildman–Crippen LogP) is 4.97. The van der Waals surface area contributed by atoms with E-state index in [-0.39, 0.29) is 23.8 Å². The molecule has 0 saturated carbocycles. The molecule has 0 fully saturated rings. The fourth-order valence-corrected chi connectivity index (χ4v) is 4.70. The van der Waals surface area contributed by atoms with Gasteiger partial charge in [0, 0.05) is 17.3 Å². The van der Waals surface area contributed by atoms with Gasteiger partial charge in [-0.05, 0) is 62.6 Å². The Kier molecular flexibility index (Phi) is 7.09. The summed E-state index contributed by atoms with van der Waals surface area (Å²) in [6.07, 6.45) is 0. The zero-order valence-corrected chi connectivity index (χ0v) is 21.1. The van der Waals surface area contributed by atoms with Crippen molar-refractivity contribution >= 4 is 46.0 Å². The van der Waals surface area contributed by atoms with Crippen molar-refractivity contribution in [3.63, 3.8) is 0 Å². The van der Waals surface area contributed by atoms with Crippen LogP contribution in [0.15, 0.2) is 52.4 Å². The topological polar surface area (TPSA) is 81.8 Å². The van der Waals surface area contributed by atoms with Crippen molar-refractivity contribution in [2.45, 2.75) is 45.9 Å². The van der Waals surface area contributed by atoms with Crippen LogP contribution in [0.25, 0.3) is 11.0 Å². The Labute approximate surface area is 207 Å². The monoisotopic (exact) mass is 495 g/mol. The quantitative estimate of drug-likeness (QED) is 0.289. The van der Waals surface area contributed by atoms with Crippen LogP contribution in [0.2, 0.25) is 5.02 Å². The van der Waals surface area contributed by atoms with Crippen LogP contribution < -0.4 is 10.9 Å². The molecule has 0 bridgehead atoms. The molecule has 2 aromatic carbocycles. The van der Waals surface area contributed by atoms with Crippen LogP contribution >= 0.6 is 23.4 Å². The zero-order valence-electron chi connectivity index (χ0n) is 19.6. The molecule has 1 N–H and O–H groups in total. The highest BCUT2D eigenvalue weighted by Crippen LogP contribution is 2.23. The fraction of sp³-hybridized carbons (Fsp3) is 0.280. The van der Waals surface area contributed by atoms with Crippen LogP contribution in [0.4, 0.5) is 5.69 Å². The number of aryl methyl sites for hydroxylation is 4. The number of carbonyl (C=O) groups excluding carboxylic acids is 1. The molecular formula is C25H26ClN5O2S. The number of thioether (sulfide) groups is 1. The van der Waals surface area contributed by atoms with Gasteiger partial charge in [0.2, 0.25) is 5.91 Å². The summed E-state index contributed by atoms with van der Waals surface area (Å²) in [6.45, 7) is 8.60. The summed E-state index contributed by atoms with van der Waals surface area (Å²) in [6, 6.07) is 13.2. The van der Waals surface area contributed by atoms with E-state index in [1.807, 2.05) is 64.1 Å². The van der Waals surface area contributed by atoms with Crippen LogP contribution in [0.1, 0.15) is 29.3 Å². The molecule has 0 aliphatic carbocycles. The third kappa shape index (κ3) is 4.88. The number of nitrogens with one attached hydrogen (secondary N) is 1. The van der Waals surface area contributed by atoms with E-state index in [1.54, 1.807) is 15.3 Å². The molecule has 4 aromatic rings. The van der Waals surface area contributed by atoms with E-state index in [0.29, 0.717) is 33.5 Å². The van der Waals surface area contributed by atoms with Crippen molar-refractivity contribution in [1.29, 1.82) is 0 Å². The minimum Gasteiger partial charge on any atom is -0.325 e. The Balaban J connectivity index is 1.68. The molecule has 7 nitrogen and oxygen atoms in total. The maximum atomic E-state index is 13.6. The van der Waals surface area contributed by atoms with E-state index in [9.17, 15) is 9.59 Å². The molecule has 0 unspecified atom stereocenters. The Morgan fingerprint density at radius 3 is 2.59 bits per heavy atom. The SMILES string of the molecule is CCn1nc(C)c2nc(SCC(=O)Nc3ccc(C)c(C)c3)n(Cc3ccccc3Cl)c(=O)c21. The molecule has 0 atom stereocenters. The highest BCUT2D eigenvalue weighted by Gasteiger charge is 2.20. The molecule has 4 rings (SSSR count). The second-order valence-corrected chi connectivity index (χ2v) is 9.46. The molecule has 9 heteroatoms. The number of hydrogen-bond acceptors (Lipinski definition) is 5. The lowest BCUT2D eigenvalue weighted by molar-refractivity contribution is -0.113. The standard InChI is InChI=1S/C25H26ClN5O2S/c1-5-31-23-22(17(4)29-31)28-25(30(24(23)33)13-18-8-6-7-9-20(18)26)34-14-21(32)27-19-11-10-15(2)16(3)12-19/h6-12H,5,13-14H2,1-4H3,(H,27,32). The van der Waals surface area contributed by atoms with Crippen LogP contribution in [-0.2, 0) is 17.9 Å². The lowest BCUT2D eigenvalue weighted by Gasteiger charge is -2.14. The minimum atomic E-state index is -0.204. The van der Waals surface area contributed by atoms with Crippen molar-refractivity contribution in [3.05, 3.63) is 80.2 Å². The first-order valence-electron chi connectivity index (χ1n) is 11.0. The number of hydrogen-bond donors (Lipinski definition) is 1. The predicted molar refractivity (Wildman–Crippen MR) is 138 cm³/mol. The number of halogens is 1. The molecule has 0 spiro atoms. The number of benzene rings is 2. The van der Waals surface area contributed by atoms with Gasteiger partial charge in [0.25, 0.3) is 5.56 Å². The van der Waals surface area contributed by atoms with Crippen molar-refractivity contribution in [1.82, 2.24) is 19.3 Å². The largest absolute Gasteiger partial charge is 0.325 e. The van der Waals surface area contributed by atoms with Crippen molar-refractivity contribution in [2.24, 2.45) is 0 Å². The summed E-state index contributed by atoms with van der Waals surface area (Å²) in [5, 5.41) is 8.41. The summed E-state index contributed by atoms with van der Waals surface area (Å²) in [5.74, 6) is -0.0678. The van der Waals surface area contributed by atoms with Gasteiger partial charge < -0.3 is 5.32 Å². The van der Waals surface area contributed by atoms with Gasteiger partial charge in [0.1, 0.15) is 5.52 Å². The van der Waals surface area contributed by atoms with Gasteiger partial charge in [-0.15, -0.1) is 0 Å². The molecule has 0 aliphatic heterocycles. The van der Waals surface area contributed by atoms with Crippen LogP contribution in [-0.4, -0.2) is 31.0 Å². The van der Waals surface area contributed by atoms with Gasteiger partial charge in [-0.3, -0.25) is 18.8 Å². The van der Waals surface area contributed by atoms with Gasteiger partial charge in [-0.1, -0.05) is 47.6 Å². The maximum Gasteiger partial charge on any atom is 0.280 e. The van der Waals surface area contributed by atoms with Gasteiger partial charge in [0.05, 0.1) is 18.0 Å². The Morgan fingerprint density at radius 2 is 1.88 bits per heavy atom. The Hall–Kier alpha value is -3.10. The van der Waals surface area contributed by atoms with Crippen molar-refractivity contribution < 1.29 is 4.79 Å². The molecule has 2 aromatic heterocycles. The van der Waals surface area contributed by atoms with Crippen LogP contribution in [0, 0.1) is 20.8 Å². The lowest BCUT2D eigenvalue weighted by Crippen LogP contribution is -2.26. The molecule has 0 aliphatic rings. The smallest absolute Gasteiger partial charge is 0.280 e. The zero-order chi connectivity index (χ0) is 24.4. The second-order valence-electron chi connectivity index (χ2n) is 8.11. The number of fused-ring (bicyclic) bond motifs is 1. The first-order chi connectivity index (χ1) is 16.3. The van der Waals surface area contributed by atoms with E-state index >= 15 is 0 Å². The average molecular weight is 496 g/mol. The van der Waals surface area contributed by atoms with E-state index in [4.69, 9.17) is 16.6 Å². The van der Waals surface area contributed by atoms with Gasteiger partial charge in [-0.2, -0.15) is 5.10 Å². The highest BCUT2D eigenvalue weighted by molar-refractivity contribution is 7.99. The summed E-state index contributed by atoms with van der Waals surface area (Å²) < 4.78 is 3.24. The van der Waals surface area contributed by atoms with E-state index in [1.165, 1.54) is 11.8 Å². The van der Waals surface area contributed by atoms with Crippen LogP contribution in [0.3, 0.4) is 0 Å². The average Bonchev–Trinajstić information content (AvgIpc) is 3.14. The molecule has 2 heterocycles. The molecule has 176 valence electrons. The molecule has 1 amide bonds. The third-order valence-corrected chi connectivity index (χ3v) is 7.04. The second kappa shape index (κ2) is 10.0. The van der Waals surface area contributed by atoms with Crippen molar-refractivity contribution in [2.75, 3.05) is 11.1 Å². The number of aromatic nitrogens is 4. The van der Waals surface area contributed by atoms with E-state index < -0.39 is 0 Å². The lowest BCUT2D eigenvalue weighted by atomic mass is 10.1. The van der Waals surface area contributed by atoms with Gasteiger partial charge in [0.15, 0.2) is 10.7 Å². The van der Waals surface area contributed by atoms with Gasteiger partial charge in [-0.25, -0.2) is 4.98 Å². The fourth-order valence-electron chi connectivity index (χ4n) is 3.71. The molecule has 0 radical (unpaired) electrons. The summed E-state index contributed by atoms with van der Waals surface area (Å²) >= 11 is 7.60. The normalized spacial score (nSPS) is 11.2. The number of carbonyl (C=O) groups is 1. The summed E-state index contributed by atoms with van der Waals surface area (Å²) in [5.41, 5.74) is 5.30. The molecule has 34 heavy (non-hydrogen) atoms.